The van der Waals surface area contributed by atoms with Gasteiger partial charge in [-0.25, -0.2) is 4.79 Å². The third-order valence-electron chi connectivity index (χ3n) is 4.94. The summed E-state index contributed by atoms with van der Waals surface area (Å²) in [5, 5.41) is 0.975. The first-order valence-electron chi connectivity index (χ1n) is 10.0. The van der Waals surface area contributed by atoms with Crippen molar-refractivity contribution in [2.45, 2.75) is 6.92 Å². The van der Waals surface area contributed by atoms with Gasteiger partial charge in [0, 0.05) is 15.6 Å². The van der Waals surface area contributed by atoms with Crippen LogP contribution in [0.3, 0.4) is 0 Å². The number of amides is 1. The van der Waals surface area contributed by atoms with E-state index in [0.29, 0.717) is 38.1 Å². The predicted molar refractivity (Wildman–Crippen MR) is 129 cm³/mol. The molecule has 6 heteroatoms. The van der Waals surface area contributed by atoms with Gasteiger partial charge >= 0.3 is 5.97 Å². The summed E-state index contributed by atoms with van der Waals surface area (Å²) in [6, 6.07) is 21.6. The second-order valence-electron chi connectivity index (χ2n) is 7.07. The minimum absolute atomic E-state index is 0.226. The van der Waals surface area contributed by atoms with Crippen LogP contribution in [0.4, 0.5) is 5.69 Å². The number of carbonyl (C=O) groups is 2. The number of esters is 1. The lowest BCUT2D eigenvalue weighted by atomic mass is 10.1. The van der Waals surface area contributed by atoms with Crippen LogP contribution in [0.15, 0.2) is 84.4 Å². The molecule has 0 saturated heterocycles. The molecule has 0 aromatic heterocycles. The van der Waals surface area contributed by atoms with E-state index in [1.165, 1.54) is 0 Å². The number of ether oxygens (including phenoxy) is 1. The van der Waals surface area contributed by atoms with Gasteiger partial charge in [-0.05, 0) is 60.5 Å². The van der Waals surface area contributed by atoms with E-state index in [0.717, 1.165) is 5.56 Å². The van der Waals surface area contributed by atoms with Gasteiger partial charge in [-0.1, -0.05) is 65.7 Å². The van der Waals surface area contributed by atoms with Crippen molar-refractivity contribution in [3.8, 4) is 0 Å². The van der Waals surface area contributed by atoms with Crippen molar-refractivity contribution >= 4 is 52.5 Å². The van der Waals surface area contributed by atoms with Crippen LogP contribution in [0.25, 0.3) is 11.8 Å². The number of hydrogen-bond donors (Lipinski definition) is 0. The van der Waals surface area contributed by atoms with Gasteiger partial charge in [0.15, 0.2) is 0 Å². The maximum Gasteiger partial charge on any atom is 0.338 e. The normalized spacial score (nSPS) is 14.6. The Labute approximate surface area is 196 Å². The van der Waals surface area contributed by atoms with Gasteiger partial charge < -0.3 is 4.74 Å². The van der Waals surface area contributed by atoms with Crippen LogP contribution in [-0.2, 0) is 9.53 Å². The van der Waals surface area contributed by atoms with Gasteiger partial charge in [-0.2, -0.15) is 0 Å². The maximum absolute atomic E-state index is 13.5. The average Bonchev–Trinajstić information content (AvgIpc) is 3.12. The molecular formula is C26H19Cl2NO3. The number of benzene rings is 3. The fourth-order valence-electron chi connectivity index (χ4n) is 3.47. The Morgan fingerprint density at radius 2 is 1.78 bits per heavy atom. The molecule has 1 aliphatic heterocycles. The highest BCUT2D eigenvalue weighted by molar-refractivity contribution is 6.35. The summed E-state index contributed by atoms with van der Waals surface area (Å²) in [6.45, 7) is 2.02. The quantitative estimate of drug-likeness (QED) is 0.314. The maximum atomic E-state index is 13.5. The van der Waals surface area contributed by atoms with E-state index >= 15 is 0 Å². The smallest absolute Gasteiger partial charge is 0.338 e. The molecule has 0 unspecified atom stereocenters. The Morgan fingerprint density at radius 3 is 2.50 bits per heavy atom. The van der Waals surface area contributed by atoms with Gasteiger partial charge in [-0.15, -0.1) is 0 Å². The van der Waals surface area contributed by atoms with Gasteiger partial charge in [0.25, 0.3) is 5.91 Å². The van der Waals surface area contributed by atoms with Gasteiger partial charge in [0.1, 0.15) is 0 Å². The van der Waals surface area contributed by atoms with E-state index in [2.05, 4.69) is 0 Å². The number of hydrogen-bond acceptors (Lipinski definition) is 3. The Morgan fingerprint density at radius 1 is 1.00 bits per heavy atom. The number of halogens is 2. The van der Waals surface area contributed by atoms with E-state index in [9.17, 15) is 9.59 Å². The Bertz CT molecular complexity index is 1250. The van der Waals surface area contributed by atoms with Crippen LogP contribution in [-0.4, -0.2) is 18.5 Å². The van der Waals surface area contributed by atoms with Crippen molar-refractivity contribution in [1.82, 2.24) is 0 Å². The van der Waals surface area contributed by atoms with Crippen LogP contribution in [0.1, 0.15) is 28.4 Å². The van der Waals surface area contributed by atoms with Gasteiger partial charge in [-0.3, -0.25) is 9.69 Å². The third-order valence-corrected chi connectivity index (χ3v) is 5.50. The lowest BCUT2D eigenvalue weighted by molar-refractivity contribution is -0.113. The zero-order valence-electron chi connectivity index (χ0n) is 17.2. The summed E-state index contributed by atoms with van der Waals surface area (Å²) in [6.07, 6.45) is 3.55. The molecule has 3 aromatic carbocycles. The fourth-order valence-corrected chi connectivity index (χ4v) is 3.93. The molecule has 4 nitrogen and oxygen atoms in total. The molecule has 1 heterocycles. The first kappa shape index (κ1) is 21.9. The summed E-state index contributed by atoms with van der Waals surface area (Å²) in [4.78, 5) is 27.3. The fraction of sp³-hybridized carbons (Fsp3) is 0.0769. The second kappa shape index (κ2) is 9.43. The first-order chi connectivity index (χ1) is 15.5. The summed E-state index contributed by atoms with van der Waals surface area (Å²) in [7, 11) is 0. The topological polar surface area (TPSA) is 46.6 Å². The molecule has 32 heavy (non-hydrogen) atoms. The highest BCUT2D eigenvalue weighted by Gasteiger charge is 2.31. The van der Waals surface area contributed by atoms with Crippen molar-refractivity contribution in [2.75, 3.05) is 11.5 Å². The van der Waals surface area contributed by atoms with Crippen molar-refractivity contribution in [2.24, 2.45) is 0 Å². The minimum atomic E-state index is -0.435. The summed E-state index contributed by atoms with van der Waals surface area (Å²) < 4.78 is 5.11. The summed E-state index contributed by atoms with van der Waals surface area (Å²) in [5.74, 6) is -0.661. The number of nitrogens with zero attached hydrogens (tertiary/aromatic N) is 1. The molecule has 160 valence electrons. The molecule has 0 saturated carbocycles. The van der Waals surface area contributed by atoms with Crippen LogP contribution in [0.2, 0.25) is 10.0 Å². The zero-order chi connectivity index (χ0) is 22.7. The van der Waals surface area contributed by atoms with E-state index in [4.69, 9.17) is 27.9 Å². The molecule has 0 fully saturated rings. The van der Waals surface area contributed by atoms with E-state index in [1.54, 1.807) is 60.4 Å². The average molecular weight is 464 g/mol. The second-order valence-corrected chi connectivity index (χ2v) is 7.92. The monoisotopic (exact) mass is 463 g/mol. The third kappa shape index (κ3) is 4.47. The van der Waals surface area contributed by atoms with Crippen molar-refractivity contribution in [3.05, 3.63) is 111 Å². The zero-order valence-corrected chi connectivity index (χ0v) is 18.7. The molecule has 0 radical (unpaired) electrons. The van der Waals surface area contributed by atoms with Crippen molar-refractivity contribution < 1.29 is 14.3 Å². The minimum Gasteiger partial charge on any atom is -0.462 e. The molecule has 0 aliphatic carbocycles. The summed E-state index contributed by atoms with van der Waals surface area (Å²) in [5.41, 5.74) is 3.67. The van der Waals surface area contributed by atoms with Crippen LogP contribution in [0, 0.1) is 0 Å². The molecule has 3 aromatic rings. The number of rotatable bonds is 5. The van der Waals surface area contributed by atoms with Crippen LogP contribution < -0.4 is 4.90 Å². The van der Waals surface area contributed by atoms with Gasteiger partial charge in [0.05, 0.1) is 23.6 Å². The Balaban J connectivity index is 1.81. The van der Waals surface area contributed by atoms with E-state index < -0.39 is 5.97 Å². The summed E-state index contributed by atoms with van der Waals surface area (Å²) >= 11 is 12.3. The molecular weight excluding hydrogens is 445 g/mol. The first-order valence-corrected chi connectivity index (χ1v) is 10.8. The highest BCUT2D eigenvalue weighted by Crippen LogP contribution is 2.36. The Kier molecular flexibility index (Phi) is 6.45. The SMILES string of the molecule is CCOC(=O)c1cccc(N2C(=O)/C(=C/c3ccc(Cl)cc3Cl)C=C2c2ccccc2)c1. The molecule has 0 N–H and O–H groups in total. The van der Waals surface area contributed by atoms with Crippen LogP contribution >= 0.6 is 23.2 Å². The Hall–Kier alpha value is -3.34. The van der Waals surface area contributed by atoms with Crippen molar-refractivity contribution in [1.29, 1.82) is 0 Å². The van der Waals surface area contributed by atoms with E-state index in [-0.39, 0.29) is 12.5 Å². The number of carbonyl (C=O) groups excluding carboxylic acids is 2. The highest BCUT2D eigenvalue weighted by atomic mass is 35.5. The largest absolute Gasteiger partial charge is 0.462 e. The molecule has 4 rings (SSSR count). The molecule has 0 atom stereocenters. The molecule has 1 amide bonds. The predicted octanol–water partition coefficient (Wildman–Crippen LogP) is 6.64. The lowest BCUT2D eigenvalue weighted by Crippen LogP contribution is -2.25. The molecule has 1 aliphatic rings. The van der Waals surface area contributed by atoms with Crippen LogP contribution in [0.5, 0.6) is 0 Å². The van der Waals surface area contributed by atoms with E-state index in [1.807, 2.05) is 36.4 Å². The van der Waals surface area contributed by atoms with Gasteiger partial charge in [0.2, 0.25) is 0 Å². The number of anilines is 1. The molecule has 0 bridgehead atoms. The standard InChI is InChI=1S/C26H19Cl2NO3/c1-2-32-26(31)19-9-6-10-22(14-19)29-24(17-7-4-3-5-8-17)15-20(25(29)30)13-18-11-12-21(27)16-23(18)28/h3-16H,2H2,1H3/b20-13+. The lowest BCUT2D eigenvalue weighted by Gasteiger charge is -2.21. The molecule has 0 spiro atoms. The van der Waals surface area contributed by atoms with Crippen molar-refractivity contribution in [3.63, 3.8) is 0 Å².